The van der Waals surface area contributed by atoms with E-state index in [0.29, 0.717) is 17.0 Å². The molecule has 0 aliphatic rings. The van der Waals surface area contributed by atoms with Crippen molar-refractivity contribution < 1.29 is 17.9 Å². The van der Waals surface area contributed by atoms with Gasteiger partial charge in [0.15, 0.2) is 9.84 Å². The highest BCUT2D eigenvalue weighted by atomic mass is 79.9. The molecular weight excluding hydrogens is 394 g/mol. The predicted octanol–water partition coefficient (Wildman–Crippen LogP) is 3.40. The molecule has 0 aliphatic heterocycles. The number of ether oxygens (including phenoxy) is 1. The van der Waals surface area contributed by atoms with E-state index in [-0.39, 0.29) is 5.75 Å². The van der Waals surface area contributed by atoms with Gasteiger partial charge in [-0.05, 0) is 37.3 Å². The van der Waals surface area contributed by atoms with Crippen molar-refractivity contribution in [3.63, 3.8) is 0 Å². The number of benzene rings is 2. The van der Waals surface area contributed by atoms with Gasteiger partial charge in [-0.2, -0.15) is 0 Å². The number of hydrogen-bond acceptors (Lipinski definition) is 4. The van der Waals surface area contributed by atoms with Crippen molar-refractivity contribution >= 4 is 37.4 Å². The Hall–Kier alpha value is -1.86. The summed E-state index contributed by atoms with van der Waals surface area (Å²) in [5, 5.41) is 1.44. The standard InChI is InChI=1S/C17H18BrNO4S/c1-12(17(20)19-15-6-4-3-5-7-15)24(21,22)11-13-10-14(18)8-9-16(13)23-2/h3-10,12H,11H2,1-2H3,(H,19,20). The zero-order chi connectivity index (χ0) is 17.7. The van der Waals surface area contributed by atoms with Crippen LogP contribution in [0.5, 0.6) is 5.75 Å². The number of sulfone groups is 1. The van der Waals surface area contributed by atoms with E-state index in [1.165, 1.54) is 14.0 Å². The second-order valence-corrected chi connectivity index (χ2v) is 8.50. The average molecular weight is 412 g/mol. The first-order chi connectivity index (χ1) is 11.3. The summed E-state index contributed by atoms with van der Waals surface area (Å²) in [5.74, 6) is -0.369. The molecule has 128 valence electrons. The second kappa shape index (κ2) is 7.81. The number of para-hydroxylation sites is 1. The van der Waals surface area contributed by atoms with Crippen LogP contribution < -0.4 is 10.1 Å². The van der Waals surface area contributed by atoms with Crippen LogP contribution in [0.4, 0.5) is 5.69 Å². The molecule has 0 aliphatic carbocycles. The van der Waals surface area contributed by atoms with Crippen molar-refractivity contribution in [2.45, 2.75) is 17.9 Å². The minimum Gasteiger partial charge on any atom is -0.496 e. The Kier molecular flexibility index (Phi) is 6.01. The number of anilines is 1. The number of nitrogens with one attached hydrogen (secondary N) is 1. The van der Waals surface area contributed by atoms with Gasteiger partial charge in [0.2, 0.25) is 5.91 Å². The summed E-state index contributed by atoms with van der Waals surface area (Å²) < 4.78 is 31.1. The number of halogens is 1. The first-order valence-corrected chi connectivity index (χ1v) is 9.74. The quantitative estimate of drug-likeness (QED) is 0.790. The minimum atomic E-state index is -3.69. The van der Waals surface area contributed by atoms with Crippen LogP contribution in [0.15, 0.2) is 53.0 Å². The summed E-state index contributed by atoms with van der Waals surface area (Å²) in [6.45, 7) is 1.39. The van der Waals surface area contributed by atoms with E-state index in [1.54, 1.807) is 42.5 Å². The molecule has 0 radical (unpaired) electrons. The summed E-state index contributed by atoms with van der Waals surface area (Å²) >= 11 is 3.31. The number of carbonyl (C=O) groups excluding carboxylic acids is 1. The molecule has 0 saturated carbocycles. The van der Waals surface area contributed by atoms with E-state index in [0.717, 1.165) is 4.47 Å². The van der Waals surface area contributed by atoms with Gasteiger partial charge < -0.3 is 10.1 Å². The highest BCUT2D eigenvalue weighted by Crippen LogP contribution is 2.26. The molecule has 2 aromatic rings. The van der Waals surface area contributed by atoms with Crippen LogP contribution in [0.3, 0.4) is 0 Å². The van der Waals surface area contributed by atoms with E-state index < -0.39 is 21.0 Å². The Morgan fingerprint density at radius 2 is 1.88 bits per heavy atom. The van der Waals surface area contributed by atoms with Gasteiger partial charge in [-0.25, -0.2) is 8.42 Å². The number of carbonyl (C=O) groups is 1. The number of hydrogen-bond donors (Lipinski definition) is 1. The number of rotatable bonds is 6. The van der Waals surface area contributed by atoms with E-state index in [1.807, 2.05) is 6.07 Å². The third kappa shape index (κ3) is 4.58. The highest BCUT2D eigenvalue weighted by Gasteiger charge is 2.29. The van der Waals surface area contributed by atoms with Gasteiger partial charge in [0.05, 0.1) is 12.9 Å². The summed E-state index contributed by atoms with van der Waals surface area (Å²) in [7, 11) is -2.22. The number of methoxy groups -OCH3 is 1. The zero-order valence-electron chi connectivity index (χ0n) is 13.3. The Morgan fingerprint density at radius 3 is 2.50 bits per heavy atom. The lowest BCUT2D eigenvalue weighted by atomic mass is 10.2. The normalized spacial score (nSPS) is 12.5. The molecule has 1 atom stereocenters. The maximum Gasteiger partial charge on any atom is 0.242 e. The fourth-order valence-electron chi connectivity index (χ4n) is 2.13. The van der Waals surface area contributed by atoms with Crippen LogP contribution in [-0.4, -0.2) is 26.7 Å². The van der Waals surface area contributed by atoms with Gasteiger partial charge in [0.25, 0.3) is 0 Å². The van der Waals surface area contributed by atoms with Gasteiger partial charge in [0.1, 0.15) is 11.0 Å². The molecule has 0 heterocycles. The highest BCUT2D eigenvalue weighted by molar-refractivity contribution is 9.10. The van der Waals surface area contributed by atoms with E-state index >= 15 is 0 Å². The lowest BCUT2D eigenvalue weighted by Crippen LogP contribution is -2.33. The average Bonchev–Trinajstić information content (AvgIpc) is 2.55. The van der Waals surface area contributed by atoms with Crippen molar-refractivity contribution in [1.82, 2.24) is 0 Å². The Bertz CT molecular complexity index is 822. The van der Waals surface area contributed by atoms with Gasteiger partial charge in [0, 0.05) is 15.7 Å². The third-order valence-corrected chi connectivity index (χ3v) is 6.05. The molecule has 24 heavy (non-hydrogen) atoms. The fraction of sp³-hybridized carbons (Fsp3) is 0.235. The van der Waals surface area contributed by atoms with Crippen molar-refractivity contribution in [3.05, 3.63) is 58.6 Å². The lowest BCUT2D eigenvalue weighted by Gasteiger charge is -2.15. The van der Waals surface area contributed by atoms with Crippen LogP contribution in [0.1, 0.15) is 12.5 Å². The molecular formula is C17H18BrNO4S. The SMILES string of the molecule is COc1ccc(Br)cc1CS(=O)(=O)C(C)C(=O)Nc1ccccc1. The van der Waals surface area contributed by atoms with Crippen LogP contribution in [0, 0.1) is 0 Å². The smallest absolute Gasteiger partial charge is 0.242 e. The second-order valence-electron chi connectivity index (χ2n) is 5.26. The molecule has 1 unspecified atom stereocenters. The molecule has 0 bridgehead atoms. The first kappa shape index (κ1) is 18.5. The van der Waals surface area contributed by atoms with Crippen molar-refractivity contribution in [2.75, 3.05) is 12.4 Å². The Morgan fingerprint density at radius 1 is 1.21 bits per heavy atom. The molecule has 2 rings (SSSR count). The Labute approximate surface area is 150 Å². The summed E-state index contributed by atoms with van der Waals surface area (Å²) in [6, 6.07) is 13.9. The molecule has 5 nitrogen and oxygen atoms in total. The van der Waals surface area contributed by atoms with Crippen molar-refractivity contribution in [1.29, 1.82) is 0 Å². The summed E-state index contributed by atoms with van der Waals surface area (Å²) in [4.78, 5) is 12.2. The van der Waals surface area contributed by atoms with Gasteiger partial charge in [-0.1, -0.05) is 34.1 Å². The van der Waals surface area contributed by atoms with E-state index in [2.05, 4.69) is 21.2 Å². The summed E-state index contributed by atoms with van der Waals surface area (Å²) in [6.07, 6.45) is 0. The monoisotopic (exact) mass is 411 g/mol. The lowest BCUT2D eigenvalue weighted by molar-refractivity contribution is -0.115. The first-order valence-electron chi connectivity index (χ1n) is 7.23. The van der Waals surface area contributed by atoms with Crippen molar-refractivity contribution in [2.24, 2.45) is 0 Å². The van der Waals surface area contributed by atoms with Gasteiger partial charge >= 0.3 is 0 Å². The third-order valence-electron chi connectivity index (χ3n) is 3.55. The zero-order valence-corrected chi connectivity index (χ0v) is 15.7. The minimum absolute atomic E-state index is 0.279. The van der Waals surface area contributed by atoms with E-state index in [9.17, 15) is 13.2 Å². The fourth-order valence-corrected chi connectivity index (χ4v) is 3.83. The number of amides is 1. The molecule has 7 heteroatoms. The largest absolute Gasteiger partial charge is 0.496 e. The van der Waals surface area contributed by atoms with Crippen LogP contribution in [0.25, 0.3) is 0 Å². The molecule has 0 fully saturated rings. The molecule has 0 spiro atoms. The molecule has 1 N–H and O–H groups in total. The van der Waals surface area contributed by atoms with Crippen LogP contribution in [0.2, 0.25) is 0 Å². The topological polar surface area (TPSA) is 72.5 Å². The molecule has 0 aromatic heterocycles. The molecule has 2 aromatic carbocycles. The maximum atomic E-state index is 12.6. The van der Waals surface area contributed by atoms with Crippen LogP contribution in [-0.2, 0) is 20.4 Å². The molecule has 1 amide bonds. The summed E-state index contributed by atoms with van der Waals surface area (Å²) in [5.41, 5.74) is 1.07. The maximum absolute atomic E-state index is 12.6. The molecule has 0 saturated heterocycles. The Balaban J connectivity index is 2.17. The van der Waals surface area contributed by atoms with Crippen molar-refractivity contribution in [3.8, 4) is 5.75 Å². The van der Waals surface area contributed by atoms with Gasteiger partial charge in [-0.15, -0.1) is 0 Å². The van der Waals surface area contributed by atoms with Gasteiger partial charge in [-0.3, -0.25) is 4.79 Å². The van der Waals surface area contributed by atoms with E-state index in [4.69, 9.17) is 4.74 Å². The van der Waals surface area contributed by atoms with Crippen LogP contribution >= 0.6 is 15.9 Å². The predicted molar refractivity (Wildman–Crippen MR) is 97.9 cm³/mol.